The second-order valence-electron chi connectivity index (χ2n) is 3.70. The van der Waals surface area contributed by atoms with Crippen molar-refractivity contribution in [1.29, 1.82) is 0 Å². The fourth-order valence-electron chi connectivity index (χ4n) is 1.52. The molecular formula is C13H12ClFN2O. The van der Waals surface area contributed by atoms with Crippen molar-refractivity contribution >= 4 is 28.7 Å². The average Bonchev–Trinajstić information content (AvgIpc) is 2.34. The van der Waals surface area contributed by atoms with Crippen LogP contribution in [0.2, 0.25) is 5.02 Å². The van der Waals surface area contributed by atoms with Gasteiger partial charge in [-0.2, -0.15) is 0 Å². The molecule has 0 bridgehead atoms. The molecule has 0 radical (unpaired) electrons. The smallest absolute Gasteiger partial charge is 0.125 e. The number of ether oxygens (including phenoxy) is 1. The summed E-state index contributed by atoms with van der Waals surface area (Å²) in [5.74, 6) is 0.288. The van der Waals surface area contributed by atoms with E-state index in [4.69, 9.17) is 22.1 Å². The molecule has 3 N–H and O–H groups in total. The van der Waals surface area contributed by atoms with Gasteiger partial charge in [0.1, 0.15) is 11.6 Å². The van der Waals surface area contributed by atoms with Gasteiger partial charge in [-0.1, -0.05) is 11.6 Å². The average molecular weight is 267 g/mol. The normalized spacial score (nSPS) is 10.2. The standard InChI is InChI=1S/C13H12ClFN2O/c1-18-9-3-5-12(10(14)7-9)17-13-4-2-8(15)6-11(13)16/h2-7,17H,16H2,1H3. The maximum atomic E-state index is 12.9. The Labute approximate surface area is 109 Å². The Morgan fingerprint density at radius 2 is 1.89 bits per heavy atom. The molecule has 0 aliphatic heterocycles. The van der Waals surface area contributed by atoms with Crippen molar-refractivity contribution in [3.63, 3.8) is 0 Å². The zero-order valence-electron chi connectivity index (χ0n) is 9.71. The largest absolute Gasteiger partial charge is 0.497 e. The molecule has 0 saturated heterocycles. The zero-order valence-corrected chi connectivity index (χ0v) is 10.5. The van der Waals surface area contributed by atoms with Crippen LogP contribution in [0.5, 0.6) is 5.75 Å². The van der Waals surface area contributed by atoms with Gasteiger partial charge in [0.2, 0.25) is 0 Å². The molecule has 0 aromatic heterocycles. The monoisotopic (exact) mass is 266 g/mol. The Kier molecular flexibility index (Phi) is 3.58. The number of nitrogens with two attached hydrogens (primary N) is 1. The van der Waals surface area contributed by atoms with Crippen LogP contribution in [-0.4, -0.2) is 7.11 Å². The van der Waals surface area contributed by atoms with E-state index in [-0.39, 0.29) is 5.82 Å². The third kappa shape index (κ3) is 2.65. The predicted molar refractivity (Wildman–Crippen MR) is 72.1 cm³/mol. The van der Waals surface area contributed by atoms with Crippen molar-refractivity contribution in [2.24, 2.45) is 0 Å². The molecule has 94 valence electrons. The van der Waals surface area contributed by atoms with Crippen LogP contribution >= 0.6 is 11.6 Å². The van der Waals surface area contributed by atoms with Crippen LogP contribution in [0.1, 0.15) is 0 Å². The van der Waals surface area contributed by atoms with Crippen LogP contribution in [0.4, 0.5) is 21.5 Å². The molecule has 0 unspecified atom stereocenters. The summed E-state index contributed by atoms with van der Waals surface area (Å²) >= 11 is 6.08. The van der Waals surface area contributed by atoms with Crippen molar-refractivity contribution in [1.82, 2.24) is 0 Å². The van der Waals surface area contributed by atoms with E-state index >= 15 is 0 Å². The zero-order chi connectivity index (χ0) is 13.1. The molecule has 18 heavy (non-hydrogen) atoms. The van der Waals surface area contributed by atoms with Gasteiger partial charge in [0.15, 0.2) is 0 Å². The summed E-state index contributed by atoms with van der Waals surface area (Å²) in [7, 11) is 1.57. The highest BCUT2D eigenvalue weighted by Crippen LogP contribution is 2.31. The first-order chi connectivity index (χ1) is 8.60. The van der Waals surface area contributed by atoms with Gasteiger partial charge in [-0.05, 0) is 30.3 Å². The van der Waals surface area contributed by atoms with Gasteiger partial charge in [0.25, 0.3) is 0 Å². The summed E-state index contributed by atoms with van der Waals surface area (Å²) in [6.07, 6.45) is 0. The summed E-state index contributed by atoms with van der Waals surface area (Å²) in [4.78, 5) is 0. The van der Waals surface area contributed by atoms with Gasteiger partial charge in [0.05, 0.1) is 29.2 Å². The molecule has 3 nitrogen and oxygen atoms in total. The van der Waals surface area contributed by atoms with Crippen molar-refractivity contribution in [2.45, 2.75) is 0 Å². The highest BCUT2D eigenvalue weighted by atomic mass is 35.5. The second kappa shape index (κ2) is 5.14. The summed E-state index contributed by atoms with van der Waals surface area (Å²) in [6, 6.07) is 9.36. The van der Waals surface area contributed by atoms with Gasteiger partial charge >= 0.3 is 0 Å². The number of benzene rings is 2. The quantitative estimate of drug-likeness (QED) is 0.831. The first kappa shape index (κ1) is 12.5. The number of rotatable bonds is 3. The first-order valence-corrected chi connectivity index (χ1v) is 5.63. The lowest BCUT2D eigenvalue weighted by Crippen LogP contribution is -1.97. The molecule has 0 amide bonds. The maximum Gasteiger partial charge on any atom is 0.125 e. The Bertz CT molecular complexity index is 575. The summed E-state index contributed by atoms with van der Waals surface area (Å²) in [5.41, 5.74) is 7.30. The first-order valence-electron chi connectivity index (χ1n) is 5.26. The molecule has 0 saturated carbocycles. The highest BCUT2D eigenvalue weighted by Gasteiger charge is 2.05. The fraction of sp³-hybridized carbons (Fsp3) is 0.0769. The van der Waals surface area contributed by atoms with E-state index in [1.54, 1.807) is 31.4 Å². The van der Waals surface area contributed by atoms with E-state index in [0.717, 1.165) is 0 Å². The minimum atomic E-state index is -0.376. The van der Waals surface area contributed by atoms with Crippen LogP contribution < -0.4 is 15.8 Å². The van der Waals surface area contributed by atoms with Crippen molar-refractivity contribution < 1.29 is 9.13 Å². The minimum Gasteiger partial charge on any atom is -0.497 e. The van der Waals surface area contributed by atoms with Gasteiger partial charge < -0.3 is 15.8 Å². The van der Waals surface area contributed by atoms with Crippen LogP contribution in [0.15, 0.2) is 36.4 Å². The van der Waals surface area contributed by atoms with Gasteiger partial charge in [-0.3, -0.25) is 0 Å². The lowest BCUT2D eigenvalue weighted by atomic mass is 10.2. The number of methoxy groups -OCH3 is 1. The summed E-state index contributed by atoms with van der Waals surface area (Å²) in [6.45, 7) is 0. The van der Waals surface area contributed by atoms with E-state index in [1.807, 2.05) is 0 Å². The lowest BCUT2D eigenvalue weighted by molar-refractivity contribution is 0.415. The molecule has 2 aromatic rings. The van der Waals surface area contributed by atoms with Crippen molar-refractivity contribution in [3.8, 4) is 5.75 Å². The molecule has 0 spiro atoms. The third-order valence-electron chi connectivity index (χ3n) is 2.46. The topological polar surface area (TPSA) is 47.3 Å². The molecule has 0 atom stereocenters. The second-order valence-corrected chi connectivity index (χ2v) is 4.11. The van der Waals surface area contributed by atoms with Crippen LogP contribution in [0.25, 0.3) is 0 Å². The molecule has 5 heteroatoms. The SMILES string of the molecule is COc1ccc(Nc2ccc(F)cc2N)c(Cl)c1. The number of anilines is 3. The summed E-state index contributed by atoms with van der Waals surface area (Å²) < 4.78 is 18.0. The van der Waals surface area contributed by atoms with Gasteiger partial charge in [0, 0.05) is 6.07 Å². The van der Waals surface area contributed by atoms with Crippen molar-refractivity contribution in [2.75, 3.05) is 18.2 Å². The third-order valence-corrected chi connectivity index (χ3v) is 2.77. The van der Waals surface area contributed by atoms with E-state index in [1.165, 1.54) is 12.1 Å². The van der Waals surface area contributed by atoms with Crippen molar-refractivity contribution in [3.05, 3.63) is 47.2 Å². The molecule has 2 rings (SSSR count). The van der Waals surface area contributed by atoms with Crippen LogP contribution in [-0.2, 0) is 0 Å². The molecule has 0 heterocycles. The molecule has 2 aromatic carbocycles. The number of nitrogens with one attached hydrogen (secondary N) is 1. The van der Waals surface area contributed by atoms with E-state index in [0.29, 0.717) is 27.8 Å². The Hall–Kier alpha value is -1.94. The number of hydrogen-bond acceptors (Lipinski definition) is 3. The Morgan fingerprint density at radius 1 is 1.17 bits per heavy atom. The molecular weight excluding hydrogens is 255 g/mol. The molecule has 0 aliphatic rings. The number of hydrogen-bond donors (Lipinski definition) is 2. The minimum absolute atomic E-state index is 0.321. The molecule has 0 aliphatic carbocycles. The van der Waals surface area contributed by atoms with E-state index in [9.17, 15) is 4.39 Å². The summed E-state index contributed by atoms with van der Waals surface area (Å²) in [5, 5.41) is 3.54. The van der Waals surface area contributed by atoms with E-state index in [2.05, 4.69) is 5.32 Å². The van der Waals surface area contributed by atoms with E-state index < -0.39 is 0 Å². The number of halogens is 2. The van der Waals surface area contributed by atoms with Gasteiger partial charge in [-0.15, -0.1) is 0 Å². The number of nitrogen functional groups attached to an aromatic ring is 1. The lowest BCUT2D eigenvalue weighted by Gasteiger charge is -2.11. The van der Waals surface area contributed by atoms with Crippen LogP contribution in [0, 0.1) is 5.82 Å². The molecule has 0 fully saturated rings. The fourth-order valence-corrected chi connectivity index (χ4v) is 1.73. The Morgan fingerprint density at radius 3 is 2.50 bits per heavy atom. The highest BCUT2D eigenvalue weighted by molar-refractivity contribution is 6.33. The maximum absolute atomic E-state index is 12.9. The van der Waals surface area contributed by atoms with Crippen LogP contribution in [0.3, 0.4) is 0 Å². The van der Waals surface area contributed by atoms with Gasteiger partial charge in [-0.25, -0.2) is 4.39 Å². The predicted octanol–water partition coefficient (Wildman–Crippen LogP) is 3.81. The Balaban J connectivity index is 2.28.